The van der Waals surface area contributed by atoms with Crippen LogP contribution in [0.3, 0.4) is 0 Å². The molecule has 0 aliphatic carbocycles. The van der Waals surface area contributed by atoms with Gasteiger partial charge >= 0.3 is 5.69 Å². The Kier molecular flexibility index (Phi) is 4.88. The maximum absolute atomic E-state index is 11.8. The van der Waals surface area contributed by atoms with E-state index in [1.54, 1.807) is 6.07 Å². The number of sulfone groups is 1. The van der Waals surface area contributed by atoms with Gasteiger partial charge in [-0.1, -0.05) is 17.7 Å². The van der Waals surface area contributed by atoms with Crippen LogP contribution in [0.4, 0.5) is 11.4 Å². The standard InChI is InChI=1S/C17H16ClN3O4S/c1-26(24,25)16-4-2-3-15(17(16)21(22)23)19-8-7-11-10-20-14-6-5-12(18)9-13(11)14/h2-6,9-10,19-20H,7-8H2,1H3. The first-order valence-electron chi connectivity index (χ1n) is 7.74. The van der Waals surface area contributed by atoms with Crippen molar-refractivity contribution in [1.82, 2.24) is 4.98 Å². The molecule has 0 amide bonds. The number of nitro groups is 1. The number of nitro benzene ring substituents is 1. The Bertz CT molecular complexity index is 1090. The van der Waals surface area contributed by atoms with Gasteiger partial charge in [0.25, 0.3) is 0 Å². The summed E-state index contributed by atoms with van der Waals surface area (Å²) in [6.45, 7) is 0.396. The van der Waals surface area contributed by atoms with E-state index in [2.05, 4.69) is 10.3 Å². The molecule has 2 aromatic carbocycles. The molecular formula is C17H16ClN3O4S. The zero-order valence-corrected chi connectivity index (χ0v) is 15.4. The number of benzene rings is 2. The topological polar surface area (TPSA) is 105 Å². The molecular weight excluding hydrogens is 378 g/mol. The van der Waals surface area contributed by atoms with Gasteiger partial charge in [-0.15, -0.1) is 0 Å². The van der Waals surface area contributed by atoms with Gasteiger partial charge < -0.3 is 10.3 Å². The van der Waals surface area contributed by atoms with Crippen molar-refractivity contribution in [2.24, 2.45) is 0 Å². The van der Waals surface area contributed by atoms with Crippen LogP contribution in [-0.4, -0.2) is 31.1 Å². The third-order valence-corrected chi connectivity index (χ3v) is 5.38. The van der Waals surface area contributed by atoms with E-state index in [0.29, 0.717) is 18.0 Å². The number of halogens is 1. The van der Waals surface area contributed by atoms with E-state index < -0.39 is 20.4 Å². The second kappa shape index (κ2) is 6.97. The highest BCUT2D eigenvalue weighted by Gasteiger charge is 2.25. The van der Waals surface area contributed by atoms with Gasteiger partial charge in [-0.2, -0.15) is 0 Å². The van der Waals surface area contributed by atoms with Crippen LogP contribution in [0.5, 0.6) is 0 Å². The minimum atomic E-state index is -3.70. The summed E-state index contributed by atoms with van der Waals surface area (Å²) in [5, 5.41) is 16.0. The molecule has 136 valence electrons. The number of hydrogen-bond donors (Lipinski definition) is 2. The Morgan fingerprint density at radius 2 is 2.04 bits per heavy atom. The number of aromatic amines is 1. The van der Waals surface area contributed by atoms with Gasteiger partial charge in [0, 0.05) is 34.9 Å². The predicted octanol–water partition coefficient (Wildman–Crippen LogP) is 3.79. The van der Waals surface area contributed by atoms with Crippen LogP contribution < -0.4 is 5.32 Å². The predicted molar refractivity (Wildman–Crippen MR) is 102 cm³/mol. The quantitative estimate of drug-likeness (QED) is 0.489. The zero-order valence-electron chi connectivity index (χ0n) is 13.8. The van der Waals surface area contributed by atoms with E-state index in [4.69, 9.17) is 11.6 Å². The van der Waals surface area contributed by atoms with Crippen molar-refractivity contribution < 1.29 is 13.3 Å². The molecule has 1 heterocycles. The van der Waals surface area contributed by atoms with Gasteiger partial charge in [0.2, 0.25) is 0 Å². The second-order valence-electron chi connectivity index (χ2n) is 5.86. The lowest BCUT2D eigenvalue weighted by molar-refractivity contribution is -0.386. The van der Waals surface area contributed by atoms with Crippen LogP contribution in [0.15, 0.2) is 47.5 Å². The number of rotatable bonds is 6. The lowest BCUT2D eigenvalue weighted by Gasteiger charge is -2.09. The number of H-pyrrole nitrogens is 1. The molecule has 7 nitrogen and oxygen atoms in total. The van der Waals surface area contributed by atoms with Gasteiger partial charge in [-0.25, -0.2) is 8.42 Å². The Morgan fingerprint density at radius 1 is 1.27 bits per heavy atom. The molecule has 1 aromatic heterocycles. The Hall–Kier alpha value is -2.58. The van der Waals surface area contributed by atoms with Crippen molar-refractivity contribution in [2.45, 2.75) is 11.3 Å². The molecule has 0 spiro atoms. The van der Waals surface area contributed by atoms with E-state index >= 15 is 0 Å². The maximum Gasteiger partial charge on any atom is 0.310 e. The van der Waals surface area contributed by atoms with E-state index in [-0.39, 0.29) is 10.6 Å². The third kappa shape index (κ3) is 3.66. The number of fused-ring (bicyclic) bond motifs is 1. The summed E-state index contributed by atoms with van der Waals surface area (Å²) in [5.41, 5.74) is 1.71. The number of aromatic nitrogens is 1. The molecule has 0 aliphatic rings. The smallest absolute Gasteiger partial charge is 0.310 e. The molecule has 3 rings (SSSR count). The highest BCUT2D eigenvalue weighted by molar-refractivity contribution is 7.90. The molecule has 0 saturated carbocycles. The van der Waals surface area contributed by atoms with Crippen LogP contribution in [-0.2, 0) is 16.3 Å². The summed E-state index contributed by atoms with van der Waals surface area (Å²) >= 11 is 6.03. The molecule has 0 fully saturated rings. The van der Waals surface area contributed by atoms with Gasteiger partial charge in [-0.3, -0.25) is 10.1 Å². The minimum Gasteiger partial charge on any atom is -0.379 e. The fourth-order valence-corrected chi connectivity index (χ4v) is 3.88. The van der Waals surface area contributed by atoms with Crippen molar-refractivity contribution in [2.75, 3.05) is 18.1 Å². The normalized spacial score (nSPS) is 11.6. The average molecular weight is 394 g/mol. The first-order valence-corrected chi connectivity index (χ1v) is 10.0. The Labute approximate surface area is 155 Å². The van der Waals surface area contributed by atoms with Gasteiger partial charge in [-0.05, 0) is 42.3 Å². The van der Waals surface area contributed by atoms with Crippen molar-refractivity contribution in [1.29, 1.82) is 0 Å². The van der Waals surface area contributed by atoms with Gasteiger partial charge in [0.05, 0.1) is 4.92 Å². The summed E-state index contributed by atoms with van der Waals surface area (Å²) in [6, 6.07) is 9.75. The molecule has 0 radical (unpaired) electrons. The third-order valence-electron chi connectivity index (χ3n) is 4.02. The second-order valence-corrected chi connectivity index (χ2v) is 8.28. The van der Waals surface area contributed by atoms with Crippen LogP contribution in [0.25, 0.3) is 10.9 Å². The lowest BCUT2D eigenvalue weighted by Crippen LogP contribution is -2.10. The van der Waals surface area contributed by atoms with E-state index in [1.807, 2.05) is 18.3 Å². The highest BCUT2D eigenvalue weighted by atomic mass is 35.5. The number of nitrogens with one attached hydrogen (secondary N) is 2. The molecule has 2 N–H and O–H groups in total. The van der Waals surface area contributed by atoms with Crippen LogP contribution in [0.2, 0.25) is 5.02 Å². The first kappa shape index (κ1) is 18.2. The summed E-state index contributed by atoms with van der Waals surface area (Å²) in [4.78, 5) is 13.5. The minimum absolute atomic E-state index is 0.177. The van der Waals surface area contributed by atoms with E-state index in [1.165, 1.54) is 18.2 Å². The monoisotopic (exact) mass is 393 g/mol. The number of hydrogen-bond acceptors (Lipinski definition) is 5. The summed E-state index contributed by atoms with van der Waals surface area (Å²) in [6.07, 6.45) is 3.40. The summed E-state index contributed by atoms with van der Waals surface area (Å²) < 4.78 is 23.6. The molecule has 9 heteroatoms. The number of para-hydroxylation sites is 1. The zero-order chi connectivity index (χ0) is 18.9. The van der Waals surface area contributed by atoms with Gasteiger partial charge in [0.15, 0.2) is 9.84 Å². The Morgan fingerprint density at radius 3 is 2.73 bits per heavy atom. The fraction of sp³-hybridized carbons (Fsp3) is 0.176. The van der Waals surface area contributed by atoms with Crippen molar-refractivity contribution >= 4 is 43.7 Å². The fourth-order valence-electron chi connectivity index (χ4n) is 2.84. The molecule has 0 saturated heterocycles. The van der Waals surface area contributed by atoms with Crippen molar-refractivity contribution in [3.8, 4) is 0 Å². The molecule has 26 heavy (non-hydrogen) atoms. The summed E-state index contributed by atoms with van der Waals surface area (Å²) in [5.74, 6) is 0. The van der Waals surface area contributed by atoms with Crippen LogP contribution in [0, 0.1) is 10.1 Å². The molecule has 3 aromatic rings. The van der Waals surface area contributed by atoms with Crippen molar-refractivity contribution in [3.63, 3.8) is 0 Å². The lowest BCUT2D eigenvalue weighted by atomic mass is 10.1. The average Bonchev–Trinajstić information content (AvgIpc) is 2.96. The molecule has 0 aliphatic heterocycles. The van der Waals surface area contributed by atoms with E-state index in [0.717, 1.165) is 22.7 Å². The SMILES string of the molecule is CS(=O)(=O)c1cccc(NCCc2c[nH]c3ccc(Cl)cc23)c1[N+](=O)[O-]. The Balaban J connectivity index is 1.84. The largest absolute Gasteiger partial charge is 0.379 e. The number of anilines is 1. The summed E-state index contributed by atoms with van der Waals surface area (Å²) in [7, 11) is -3.70. The van der Waals surface area contributed by atoms with Crippen LogP contribution in [0.1, 0.15) is 5.56 Å². The van der Waals surface area contributed by atoms with Crippen molar-refractivity contribution in [3.05, 3.63) is 63.3 Å². The molecule has 0 atom stereocenters. The van der Waals surface area contributed by atoms with E-state index in [9.17, 15) is 18.5 Å². The van der Waals surface area contributed by atoms with Crippen LogP contribution >= 0.6 is 11.6 Å². The highest BCUT2D eigenvalue weighted by Crippen LogP contribution is 2.32. The number of nitrogens with zero attached hydrogens (tertiary/aromatic N) is 1. The molecule has 0 bridgehead atoms. The molecule has 0 unspecified atom stereocenters. The maximum atomic E-state index is 11.8. The first-order chi connectivity index (χ1) is 12.3. The van der Waals surface area contributed by atoms with Gasteiger partial charge in [0.1, 0.15) is 10.6 Å².